The molecule has 0 aromatic heterocycles. The van der Waals surface area contributed by atoms with Gasteiger partial charge in [-0.2, -0.15) is 0 Å². The smallest absolute Gasteiger partial charge is 0.0157 e. The standard InChI is InChI=1S/C15H26S/c1-11(2)15(12(3)4)9-6-5-7-14-13(15)8-10-16-14/h8,10-14H,5-7,9H2,1-4H3. The predicted octanol–water partition coefficient (Wildman–Crippen LogP) is 5.10. The van der Waals surface area contributed by atoms with E-state index in [2.05, 4.69) is 50.9 Å². The van der Waals surface area contributed by atoms with Gasteiger partial charge in [-0.3, -0.25) is 0 Å². The van der Waals surface area contributed by atoms with Gasteiger partial charge in [0.2, 0.25) is 0 Å². The van der Waals surface area contributed by atoms with Crippen molar-refractivity contribution in [1.82, 2.24) is 0 Å². The molecule has 1 fully saturated rings. The third kappa shape index (κ3) is 1.85. The molecule has 16 heavy (non-hydrogen) atoms. The number of fused-ring (bicyclic) bond motifs is 1. The minimum absolute atomic E-state index is 0.557. The van der Waals surface area contributed by atoms with Gasteiger partial charge in [0.25, 0.3) is 0 Å². The summed E-state index contributed by atoms with van der Waals surface area (Å²) in [5, 5.41) is 3.26. The van der Waals surface area contributed by atoms with Gasteiger partial charge >= 0.3 is 0 Å². The monoisotopic (exact) mass is 238 g/mol. The summed E-state index contributed by atoms with van der Waals surface area (Å²) in [5.74, 6) is 2.45. The minimum Gasteiger partial charge on any atom is -0.130 e. The van der Waals surface area contributed by atoms with E-state index in [1.807, 2.05) is 0 Å². The molecule has 0 amide bonds. The summed E-state index contributed by atoms with van der Waals surface area (Å²) in [5.41, 5.74) is 0.557. The first kappa shape index (κ1) is 12.5. The second-order valence-electron chi connectivity index (χ2n) is 6.20. The molecule has 0 radical (unpaired) electrons. The molecule has 0 bridgehead atoms. The number of allylic oxidation sites excluding steroid dienone is 1. The molecule has 1 heterocycles. The van der Waals surface area contributed by atoms with E-state index in [9.17, 15) is 0 Å². The van der Waals surface area contributed by atoms with Crippen LogP contribution in [-0.4, -0.2) is 5.25 Å². The topological polar surface area (TPSA) is 0 Å². The molecule has 0 aromatic rings. The lowest BCUT2D eigenvalue weighted by Crippen LogP contribution is -2.42. The maximum Gasteiger partial charge on any atom is 0.0157 e. The average molecular weight is 238 g/mol. The van der Waals surface area contributed by atoms with E-state index < -0.39 is 0 Å². The zero-order chi connectivity index (χ0) is 11.8. The largest absolute Gasteiger partial charge is 0.130 e. The Kier molecular flexibility index (Phi) is 3.73. The Hall–Kier alpha value is 0.0900. The maximum absolute atomic E-state index is 2.53. The first-order valence-corrected chi connectivity index (χ1v) is 7.85. The molecule has 0 saturated heterocycles. The Morgan fingerprint density at radius 1 is 1.12 bits per heavy atom. The van der Waals surface area contributed by atoms with E-state index in [0.29, 0.717) is 5.41 Å². The van der Waals surface area contributed by atoms with Crippen LogP contribution in [0.4, 0.5) is 0 Å². The summed E-state index contributed by atoms with van der Waals surface area (Å²) in [7, 11) is 0. The molecule has 0 nitrogen and oxygen atoms in total. The van der Waals surface area contributed by atoms with E-state index in [1.165, 1.54) is 25.7 Å². The number of thioether (sulfide) groups is 1. The lowest BCUT2D eigenvalue weighted by molar-refractivity contribution is 0.0503. The molecular formula is C15H26S. The highest BCUT2D eigenvalue weighted by Crippen LogP contribution is 2.56. The minimum atomic E-state index is 0.557. The molecule has 92 valence electrons. The molecule has 0 aromatic carbocycles. The van der Waals surface area contributed by atoms with Crippen LogP contribution in [0.3, 0.4) is 0 Å². The van der Waals surface area contributed by atoms with Gasteiger partial charge in [0.15, 0.2) is 0 Å². The molecule has 1 heteroatoms. The van der Waals surface area contributed by atoms with Crippen molar-refractivity contribution in [2.45, 2.75) is 58.6 Å². The van der Waals surface area contributed by atoms with Crippen molar-refractivity contribution in [2.75, 3.05) is 0 Å². The Morgan fingerprint density at radius 3 is 2.44 bits per heavy atom. The Morgan fingerprint density at radius 2 is 1.81 bits per heavy atom. The number of rotatable bonds is 2. The Balaban J connectivity index is 2.35. The molecular weight excluding hydrogens is 212 g/mol. The van der Waals surface area contributed by atoms with Gasteiger partial charge < -0.3 is 0 Å². The molecule has 0 N–H and O–H groups in total. The predicted molar refractivity (Wildman–Crippen MR) is 74.6 cm³/mol. The first-order valence-electron chi connectivity index (χ1n) is 6.91. The van der Waals surface area contributed by atoms with Gasteiger partial charge in [-0.25, -0.2) is 0 Å². The molecule has 1 aliphatic heterocycles. The van der Waals surface area contributed by atoms with Crippen LogP contribution >= 0.6 is 11.8 Å². The molecule has 2 aliphatic rings. The molecule has 2 rings (SSSR count). The van der Waals surface area contributed by atoms with Crippen molar-refractivity contribution < 1.29 is 0 Å². The van der Waals surface area contributed by atoms with E-state index in [1.54, 1.807) is 0 Å². The van der Waals surface area contributed by atoms with E-state index in [-0.39, 0.29) is 0 Å². The summed E-state index contributed by atoms with van der Waals surface area (Å²) in [6.07, 6.45) is 8.29. The van der Waals surface area contributed by atoms with Crippen LogP contribution in [0.15, 0.2) is 11.5 Å². The molecule has 1 aliphatic carbocycles. The summed E-state index contributed by atoms with van der Waals surface area (Å²) in [4.78, 5) is 0. The normalized spacial score (nSPS) is 33.1. The second kappa shape index (κ2) is 4.76. The lowest BCUT2D eigenvalue weighted by atomic mass is 9.59. The van der Waals surface area contributed by atoms with Gasteiger partial charge in [-0.15, -0.1) is 11.8 Å². The second-order valence-corrected chi connectivity index (χ2v) is 7.35. The highest BCUT2D eigenvalue weighted by molar-refractivity contribution is 8.03. The van der Waals surface area contributed by atoms with Gasteiger partial charge in [0.1, 0.15) is 0 Å². The fourth-order valence-electron chi connectivity index (χ4n) is 4.17. The van der Waals surface area contributed by atoms with Crippen LogP contribution in [-0.2, 0) is 0 Å². The van der Waals surface area contributed by atoms with Crippen LogP contribution in [0.1, 0.15) is 53.4 Å². The number of hydrogen-bond acceptors (Lipinski definition) is 1. The quantitative estimate of drug-likeness (QED) is 0.644. The molecule has 1 saturated carbocycles. The fraction of sp³-hybridized carbons (Fsp3) is 0.867. The van der Waals surface area contributed by atoms with Crippen LogP contribution in [0.2, 0.25) is 0 Å². The van der Waals surface area contributed by atoms with Crippen molar-refractivity contribution in [3.05, 3.63) is 11.5 Å². The number of hydrogen-bond donors (Lipinski definition) is 0. The van der Waals surface area contributed by atoms with Gasteiger partial charge in [0.05, 0.1) is 0 Å². The van der Waals surface area contributed by atoms with Crippen molar-refractivity contribution >= 4 is 11.8 Å². The summed E-state index contributed by atoms with van der Waals surface area (Å²) in [6.45, 7) is 9.77. The van der Waals surface area contributed by atoms with Crippen molar-refractivity contribution in [1.29, 1.82) is 0 Å². The van der Waals surface area contributed by atoms with Crippen molar-refractivity contribution in [3.63, 3.8) is 0 Å². The summed E-state index contributed by atoms with van der Waals surface area (Å²) in [6, 6.07) is 0. The third-order valence-corrected chi connectivity index (χ3v) is 6.25. The average Bonchev–Trinajstić information content (AvgIpc) is 2.59. The van der Waals surface area contributed by atoms with E-state index >= 15 is 0 Å². The van der Waals surface area contributed by atoms with Crippen LogP contribution in [0.25, 0.3) is 0 Å². The molecule has 2 unspecified atom stereocenters. The summed E-state index contributed by atoms with van der Waals surface area (Å²) >= 11 is 2.10. The van der Waals surface area contributed by atoms with E-state index in [4.69, 9.17) is 0 Å². The van der Waals surface area contributed by atoms with Crippen molar-refractivity contribution in [2.24, 2.45) is 23.2 Å². The van der Waals surface area contributed by atoms with Gasteiger partial charge in [0, 0.05) is 5.25 Å². The molecule has 0 spiro atoms. The van der Waals surface area contributed by atoms with Crippen LogP contribution in [0, 0.1) is 23.2 Å². The Labute approximate surface area is 105 Å². The summed E-state index contributed by atoms with van der Waals surface area (Å²) < 4.78 is 0. The fourth-order valence-corrected chi connectivity index (χ4v) is 5.45. The zero-order valence-corrected chi connectivity index (χ0v) is 12.0. The van der Waals surface area contributed by atoms with Crippen LogP contribution in [0.5, 0.6) is 0 Å². The van der Waals surface area contributed by atoms with Crippen LogP contribution < -0.4 is 0 Å². The van der Waals surface area contributed by atoms with Gasteiger partial charge in [-0.1, -0.05) is 46.6 Å². The van der Waals surface area contributed by atoms with Crippen molar-refractivity contribution in [3.8, 4) is 0 Å². The van der Waals surface area contributed by atoms with E-state index in [0.717, 1.165) is 23.0 Å². The zero-order valence-electron chi connectivity index (χ0n) is 11.2. The Bertz CT molecular complexity index is 257. The molecule has 2 atom stereocenters. The first-order chi connectivity index (χ1) is 7.59. The maximum atomic E-state index is 2.53. The highest BCUT2D eigenvalue weighted by Gasteiger charge is 2.48. The SMILES string of the molecule is CC(C)C1(C(C)C)CCCCC2SC=CC21. The van der Waals surface area contributed by atoms with Gasteiger partial charge in [-0.05, 0) is 41.4 Å². The third-order valence-electron chi connectivity index (χ3n) is 5.06. The highest BCUT2D eigenvalue weighted by atomic mass is 32.2. The lowest BCUT2D eigenvalue weighted by Gasteiger charge is -2.47.